The Morgan fingerprint density at radius 3 is 2.47 bits per heavy atom. The summed E-state index contributed by atoms with van der Waals surface area (Å²) in [6, 6.07) is 0. The van der Waals surface area contributed by atoms with E-state index < -0.39 is 17.1 Å². The van der Waals surface area contributed by atoms with E-state index in [1.807, 2.05) is 0 Å². The van der Waals surface area contributed by atoms with Crippen molar-refractivity contribution in [3.8, 4) is 0 Å². The van der Waals surface area contributed by atoms with Gasteiger partial charge in [0.1, 0.15) is 0 Å². The van der Waals surface area contributed by atoms with E-state index in [0.717, 1.165) is 19.3 Å². The molecule has 1 aliphatic heterocycles. The average Bonchev–Trinajstić information content (AvgIpc) is 2.72. The molecule has 1 saturated heterocycles. The number of carbonyl (C=O) groups excluding carboxylic acids is 1. The topological polar surface area (TPSA) is 66.8 Å². The summed E-state index contributed by atoms with van der Waals surface area (Å²) in [5.74, 6) is -1.57. The van der Waals surface area contributed by atoms with Crippen molar-refractivity contribution in [2.75, 3.05) is 26.8 Å². The van der Waals surface area contributed by atoms with Gasteiger partial charge < -0.3 is 14.7 Å². The molecule has 1 aliphatic carbocycles. The monoisotopic (exact) mass is 273 g/mol. The molecule has 0 aromatic heterocycles. The van der Waals surface area contributed by atoms with Crippen LogP contribution in [0.2, 0.25) is 0 Å². The van der Waals surface area contributed by atoms with Crippen molar-refractivity contribution in [2.45, 2.75) is 37.8 Å². The molecular formula is C13H20FNO4. The van der Waals surface area contributed by atoms with E-state index in [0.29, 0.717) is 13.0 Å². The van der Waals surface area contributed by atoms with Crippen LogP contribution in [0.1, 0.15) is 32.1 Å². The molecule has 2 aliphatic rings. The predicted octanol–water partition coefficient (Wildman–Crippen LogP) is 1.22. The minimum atomic E-state index is -2.28. The third kappa shape index (κ3) is 2.45. The summed E-state index contributed by atoms with van der Waals surface area (Å²) < 4.78 is 19.0. The zero-order chi connectivity index (χ0) is 14.1. The highest BCUT2D eigenvalue weighted by Gasteiger charge is 2.52. The summed E-state index contributed by atoms with van der Waals surface area (Å²) in [5.41, 5.74) is -2.72. The fourth-order valence-electron chi connectivity index (χ4n) is 2.93. The van der Waals surface area contributed by atoms with Crippen LogP contribution in [-0.4, -0.2) is 54.4 Å². The zero-order valence-corrected chi connectivity index (χ0v) is 11.2. The van der Waals surface area contributed by atoms with E-state index in [4.69, 9.17) is 9.84 Å². The summed E-state index contributed by atoms with van der Waals surface area (Å²) in [6.45, 7) is 0.367. The Morgan fingerprint density at radius 2 is 2.05 bits per heavy atom. The van der Waals surface area contributed by atoms with Gasteiger partial charge in [-0.25, -0.2) is 9.18 Å². The quantitative estimate of drug-likeness (QED) is 0.818. The summed E-state index contributed by atoms with van der Waals surface area (Å²) in [7, 11) is 1.59. The van der Waals surface area contributed by atoms with Crippen LogP contribution in [0.25, 0.3) is 0 Å². The van der Waals surface area contributed by atoms with Gasteiger partial charge in [0.2, 0.25) is 11.6 Å². The minimum Gasteiger partial charge on any atom is -0.479 e. The smallest absolute Gasteiger partial charge is 0.343 e. The molecule has 0 aromatic carbocycles. The van der Waals surface area contributed by atoms with Crippen LogP contribution in [0.3, 0.4) is 0 Å². The van der Waals surface area contributed by atoms with Gasteiger partial charge in [-0.1, -0.05) is 6.42 Å². The minimum absolute atomic E-state index is 0.100. The first-order valence-electron chi connectivity index (χ1n) is 6.64. The number of amides is 1. The van der Waals surface area contributed by atoms with Crippen LogP contribution in [0.15, 0.2) is 0 Å². The molecule has 19 heavy (non-hydrogen) atoms. The lowest BCUT2D eigenvalue weighted by Crippen LogP contribution is -2.49. The Hall–Kier alpha value is -1.17. The summed E-state index contributed by atoms with van der Waals surface area (Å²) in [4.78, 5) is 24.7. The number of hydrogen-bond donors (Lipinski definition) is 1. The number of ether oxygens (including phenoxy) is 1. The van der Waals surface area contributed by atoms with Gasteiger partial charge in [-0.2, -0.15) is 0 Å². The van der Waals surface area contributed by atoms with Gasteiger partial charge in [0.05, 0.1) is 12.0 Å². The van der Waals surface area contributed by atoms with E-state index in [-0.39, 0.29) is 25.4 Å². The molecule has 1 atom stereocenters. The SMILES string of the molecule is COCCC1(C(=O)N2CCC(F)(C(=O)O)C2)CCC1. The molecule has 6 heteroatoms. The number of alkyl halides is 1. The molecule has 2 fully saturated rings. The molecule has 5 nitrogen and oxygen atoms in total. The lowest BCUT2D eigenvalue weighted by atomic mass is 9.66. The molecule has 0 bridgehead atoms. The third-order valence-electron chi connectivity index (χ3n) is 4.44. The first-order valence-corrected chi connectivity index (χ1v) is 6.64. The van der Waals surface area contributed by atoms with Gasteiger partial charge >= 0.3 is 5.97 Å². The number of methoxy groups -OCH3 is 1. The highest BCUT2D eigenvalue weighted by atomic mass is 19.1. The van der Waals surface area contributed by atoms with Crippen molar-refractivity contribution in [1.82, 2.24) is 4.90 Å². The lowest BCUT2D eigenvalue weighted by Gasteiger charge is -2.42. The van der Waals surface area contributed by atoms with E-state index in [1.165, 1.54) is 4.90 Å². The first kappa shape index (κ1) is 14.2. The molecule has 0 aromatic rings. The van der Waals surface area contributed by atoms with Crippen LogP contribution in [-0.2, 0) is 14.3 Å². The van der Waals surface area contributed by atoms with Crippen molar-refractivity contribution in [1.29, 1.82) is 0 Å². The molecule has 2 rings (SSSR count). The van der Waals surface area contributed by atoms with Gasteiger partial charge in [-0.05, 0) is 19.3 Å². The second kappa shape index (κ2) is 5.07. The maximum Gasteiger partial charge on any atom is 0.343 e. The third-order valence-corrected chi connectivity index (χ3v) is 4.44. The Kier molecular flexibility index (Phi) is 3.80. The molecule has 1 heterocycles. The normalized spacial score (nSPS) is 29.1. The maximum absolute atomic E-state index is 14.0. The zero-order valence-electron chi connectivity index (χ0n) is 11.2. The Labute approximate surface area is 111 Å². The Morgan fingerprint density at radius 1 is 1.37 bits per heavy atom. The fraction of sp³-hybridized carbons (Fsp3) is 0.846. The number of carboxylic acids is 1. The molecule has 1 N–H and O–H groups in total. The van der Waals surface area contributed by atoms with Crippen LogP contribution < -0.4 is 0 Å². The molecule has 1 unspecified atom stereocenters. The van der Waals surface area contributed by atoms with Crippen molar-refractivity contribution in [3.05, 3.63) is 0 Å². The molecule has 108 valence electrons. The van der Waals surface area contributed by atoms with Crippen molar-refractivity contribution >= 4 is 11.9 Å². The average molecular weight is 273 g/mol. The van der Waals surface area contributed by atoms with Gasteiger partial charge in [0.15, 0.2) is 0 Å². The Bertz CT molecular complexity index is 383. The van der Waals surface area contributed by atoms with E-state index in [9.17, 15) is 14.0 Å². The lowest BCUT2D eigenvalue weighted by molar-refractivity contribution is -0.153. The van der Waals surface area contributed by atoms with Crippen LogP contribution in [0.4, 0.5) is 4.39 Å². The van der Waals surface area contributed by atoms with Crippen molar-refractivity contribution < 1.29 is 23.8 Å². The van der Waals surface area contributed by atoms with Gasteiger partial charge in [-0.3, -0.25) is 4.79 Å². The predicted molar refractivity (Wildman–Crippen MR) is 65.4 cm³/mol. The van der Waals surface area contributed by atoms with Crippen molar-refractivity contribution in [2.24, 2.45) is 5.41 Å². The molecular weight excluding hydrogens is 253 g/mol. The molecule has 1 amide bonds. The summed E-state index contributed by atoms with van der Waals surface area (Å²) in [6.07, 6.45) is 3.08. The first-order chi connectivity index (χ1) is 8.93. The van der Waals surface area contributed by atoms with Gasteiger partial charge in [0.25, 0.3) is 0 Å². The van der Waals surface area contributed by atoms with Crippen molar-refractivity contribution in [3.63, 3.8) is 0 Å². The number of likely N-dealkylation sites (tertiary alicyclic amines) is 1. The van der Waals surface area contributed by atoms with Crippen LogP contribution in [0.5, 0.6) is 0 Å². The second-order valence-electron chi connectivity index (χ2n) is 5.62. The van der Waals surface area contributed by atoms with Crippen LogP contribution >= 0.6 is 0 Å². The number of carboxylic acid groups (broad SMARTS) is 1. The Balaban J connectivity index is 2.02. The van der Waals surface area contributed by atoms with Gasteiger partial charge in [-0.15, -0.1) is 0 Å². The number of aliphatic carboxylic acids is 1. The summed E-state index contributed by atoms with van der Waals surface area (Å²) >= 11 is 0. The molecule has 0 radical (unpaired) electrons. The number of carbonyl (C=O) groups is 2. The van der Waals surface area contributed by atoms with Gasteiger partial charge in [0, 0.05) is 26.7 Å². The van der Waals surface area contributed by atoms with Crippen LogP contribution in [0, 0.1) is 5.41 Å². The largest absolute Gasteiger partial charge is 0.479 e. The summed E-state index contributed by atoms with van der Waals surface area (Å²) in [5, 5.41) is 8.85. The number of halogens is 1. The highest BCUT2D eigenvalue weighted by molar-refractivity contribution is 5.86. The van der Waals surface area contributed by atoms with E-state index >= 15 is 0 Å². The maximum atomic E-state index is 14.0. The standard InChI is InChI=1S/C13H20FNO4/c1-19-8-6-12(3-2-4-12)10(16)15-7-5-13(14,9-15)11(17)18/h2-9H2,1H3,(H,17,18). The number of rotatable bonds is 5. The van der Waals surface area contributed by atoms with E-state index in [2.05, 4.69) is 0 Å². The number of nitrogens with zero attached hydrogens (tertiary/aromatic N) is 1. The number of hydrogen-bond acceptors (Lipinski definition) is 3. The highest BCUT2D eigenvalue weighted by Crippen LogP contribution is 2.46. The molecule has 1 saturated carbocycles. The fourth-order valence-corrected chi connectivity index (χ4v) is 2.93. The van der Waals surface area contributed by atoms with E-state index in [1.54, 1.807) is 7.11 Å². The second-order valence-corrected chi connectivity index (χ2v) is 5.62. The molecule has 0 spiro atoms.